The highest BCUT2D eigenvalue weighted by molar-refractivity contribution is 7.92. The third-order valence-corrected chi connectivity index (χ3v) is 7.81. The molecule has 0 fully saturated rings. The Hall–Kier alpha value is -3.36. The number of nitrogens with one attached hydrogen (secondary N) is 1. The van der Waals surface area contributed by atoms with Crippen molar-refractivity contribution < 1.29 is 17.9 Å². The van der Waals surface area contributed by atoms with Gasteiger partial charge in [-0.25, -0.2) is 13.8 Å². The van der Waals surface area contributed by atoms with E-state index in [9.17, 15) is 13.2 Å². The highest BCUT2D eigenvalue weighted by Crippen LogP contribution is 2.34. The second-order valence-electron chi connectivity index (χ2n) is 8.16. The molecular formula is C26H28ClN3O4S. The Balaban J connectivity index is 1.93. The molecule has 3 aromatic rings. The van der Waals surface area contributed by atoms with Crippen LogP contribution in [0.2, 0.25) is 5.02 Å². The van der Waals surface area contributed by atoms with E-state index in [1.807, 2.05) is 39.8 Å². The topological polar surface area (TPSA) is 88.1 Å². The number of sulfonamides is 1. The van der Waals surface area contributed by atoms with Gasteiger partial charge in [0.1, 0.15) is 12.3 Å². The molecule has 0 bridgehead atoms. The Morgan fingerprint density at radius 3 is 2.37 bits per heavy atom. The second kappa shape index (κ2) is 10.9. The SMILES string of the molecule is COc1ccc(Cl)cc1N(CC(=O)N/N=C\c1ccc(C)c(C)c1C)S(=O)(=O)c1ccc(C)cc1. The van der Waals surface area contributed by atoms with E-state index in [-0.39, 0.29) is 16.3 Å². The Morgan fingerprint density at radius 2 is 1.71 bits per heavy atom. The number of methoxy groups -OCH3 is 1. The molecule has 0 aliphatic rings. The van der Waals surface area contributed by atoms with Gasteiger partial charge in [0.05, 0.1) is 23.9 Å². The van der Waals surface area contributed by atoms with Gasteiger partial charge in [0.15, 0.2) is 0 Å². The maximum atomic E-state index is 13.6. The standard InChI is InChI=1S/C26H28ClN3O4S/c1-17-6-11-23(12-7-17)35(32,33)30(24-14-22(27)10-13-25(24)34-5)16-26(31)29-28-15-21-9-8-18(2)19(3)20(21)4/h6-15H,16H2,1-5H3,(H,29,31)/b28-15-. The number of hydrazone groups is 1. The minimum absolute atomic E-state index is 0.0344. The van der Waals surface area contributed by atoms with Gasteiger partial charge in [-0.05, 0) is 80.3 Å². The molecule has 0 saturated carbocycles. The summed E-state index contributed by atoms with van der Waals surface area (Å²) in [4.78, 5) is 12.9. The molecule has 7 nitrogen and oxygen atoms in total. The van der Waals surface area contributed by atoms with Crippen molar-refractivity contribution in [2.24, 2.45) is 5.10 Å². The number of anilines is 1. The fraction of sp³-hybridized carbons (Fsp3) is 0.231. The molecule has 0 aliphatic carbocycles. The molecule has 0 saturated heterocycles. The molecule has 3 rings (SSSR count). The first-order valence-corrected chi connectivity index (χ1v) is 12.7. The van der Waals surface area contributed by atoms with Gasteiger partial charge in [0, 0.05) is 5.02 Å². The molecule has 1 amide bonds. The number of hydrogen-bond donors (Lipinski definition) is 1. The molecule has 0 spiro atoms. The van der Waals surface area contributed by atoms with Gasteiger partial charge in [0.2, 0.25) is 0 Å². The van der Waals surface area contributed by atoms with E-state index in [2.05, 4.69) is 10.5 Å². The summed E-state index contributed by atoms with van der Waals surface area (Å²) in [7, 11) is -2.71. The van der Waals surface area contributed by atoms with Gasteiger partial charge in [-0.3, -0.25) is 9.10 Å². The first-order chi connectivity index (χ1) is 16.5. The van der Waals surface area contributed by atoms with Gasteiger partial charge in [-0.15, -0.1) is 0 Å². The summed E-state index contributed by atoms with van der Waals surface area (Å²) in [6, 6.07) is 14.8. The monoisotopic (exact) mass is 513 g/mol. The smallest absolute Gasteiger partial charge is 0.264 e. The summed E-state index contributed by atoms with van der Waals surface area (Å²) in [6.45, 7) is 7.35. The Morgan fingerprint density at radius 1 is 1.03 bits per heavy atom. The third-order valence-electron chi connectivity index (χ3n) is 5.80. The number of halogens is 1. The van der Waals surface area contributed by atoms with Gasteiger partial charge in [-0.2, -0.15) is 5.10 Å². The van der Waals surface area contributed by atoms with Crippen LogP contribution in [-0.4, -0.2) is 34.2 Å². The molecule has 35 heavy (non-hydrogen) atoms. The van der Waals surface area contributed by atoms with Crippen LogP contribution in [0.4, 0.5) is 5.69 Å². The lowest BCUT2D eigenvalue weighted by atomic mass is 10.00. The number of ether oxygens (including phenoxy) is 1. The Bertz CT molecular complexity index is 1370. The van der Waals surface area contributed by atoms with Crippen LogP contribution in [0, 0.1) is 27.7 Å². The first kappa shape index (κ1) is 26.2. The molecule has 3 aromatic carbocycles. The Kier molecular flexibility index (Phi) is 8.19. The van der Waals surface area contributed by atoms with Crippen LogP contribution in [0.5, 0.6) is 5.75 Å². The lowest BCUT2D eigenvalue weighted by molar-refractivity contribution is -0.119. The quantitative estimate of drug-likeness (QED) is 0.342. The summed E-state index contributed by atoms with van der Waals surface area (Å²) in [5, 5.41) is 4.34. The summed E-state index contributed by atoms with van der Waals surface area (Å²) in [6.07, 6.45) is 1.54. The van der Waals surface area contributed by atoms with Crippen molar-refractivity contribution in [2.75, 3.05) is 18.0 Å². The number of carbonyl (C=O) groups excluding carboxylic acids is 1. The fourth-order valence-electron chi connectivity index (χ4n) is 3.45. The van der Waals surface area contributed by atoms with E-state index in [0.717, 1.165) is 32.1 Å². The van der Waals surface area contributed by atoms with Crippen molar-refractivity contribution in [1.82, 2.24) is 5.43 Å². The van der Waals surface area contributed by atoms with Crippen LogP contribution in [0.25, 0.3) is 0 Å². The van der Waals surface area contributed by atoms with Crippen LogP contribution >= 0.6 is 11.6 Å². The zero-order valence-corrected chi connectivity index (χ0v) is 21.9. The number of nitrogens with zero attached hydrogens (tertiary/aromatic N) is 2. The second-order valence-corrected chi connectivity index (χ2v) is 10.5. The molecule has 0 unspecified atom stereocenters. The lowest BCUT2D eigenvalue weighted by Gasteiger charge is -2.25. The zero-order valence-electron chi connectivity index (χ0n) is 20.3. The molecule has 0 aromatic heterocycles. The molecule has 9 heteroatoms. The predicted molar refractivity (Wildman–Crippen MR) is 140 cm³/mol. The number of aryl methyl sites for hydroxylation is 2. The van der Waals surface area contributed by atoms with Crippen molar-refractivity contribution in [1.29, 1.82) is 0 Å². The molecule has 0 atom stereocenters. The summed E-state index contributed by atoms with van der Waals surface area (Å²) in [5.41, 5.74) is 7.69. The maximum absolute atomic E-state index is 13.6. The van der Waals surface area contributed by atoms with Crippen LogP contribution in [0.1, 0.15) is 27.8 Å². The lowest BCUT2D eigenvalue weighted by Crippen LogP contribution is -2.39. The predicted octanol–water partition coefficient (Wildman–Crippen LogP) is 4.93. The van der Waals surface area contributed by atoms with E-state index >= 15 is 0 Å². The van der Waals surface area contributed by atoms with Crippen molar-refractivity contribution in [3.63, 3.8) is 0 Å². The average molecular weight is 514 g/mol. The van der Waals surface area contributed by atoms with E-state index in [1.165, 1.54) is 25.3 Å². The van der Waals surface area contributed by atoms with Crippen LogP contribution < -0.4 is 14.5 Å². The molecule has 184 valence electrons. The fourth-order valence-corrected chi connectivity index (χ4v) is 5.04. The maximum Gasteiger partial charge on any atom is 0.264 e. The third kappa shape index (κ3) is 6.01. The molecule has 1 N–H and O–H groups in total. The van der Waals surface area contributed by atoms with Crippen molar-refractivity contribution in [3.05, 3.63) is 87.4 Å². The highest BCUT2D eigenvalue weighted by atomic mass is 35.5. The van der Waals surface area contributed by atoms with Gasteiger partial charge in [-0.1, -0.05) is 41.4 Å². The Labute approximate surface area is 211 Å². The summed E-state index contributed by atoms with van der Waals surface area (Å²) in [5.74, 6) is -0.368. The normalized spacial score (nSPS) is 11.5. The zero-order chi connectivity index (χ0) is 25.8. The van der Waals surface area contributed by atoms with Gasteiger partial charge >= 0.3 is 0 Å². The summed E-state index contributed by atoms with van der Waals surface area (Å²) < 4.78 is 33.5. The number of hydrogen-bond acceptors (Lipinski definition) is 5. The van der Waals surface area contributed by atoms with Crippen LogP contribution in [-0.2, 0) is 14.8 Å². The number of carbonyl (C=O) groups is 1. The van der Waals surface area contributed by atoms with Crippen LogP contribution in [0.15, 0.2) is 64.6 Å². The summed E-state index contributed by atoms with van der Waals surface area (Å²) >= 11 is 6.16. The first-order valence-electron chi connectivity index (χ1n) is 10.9. The van der Waals surface area contributed by atoms with Crippen LogP contribution in [0.3, 0.4) is 0 Å². The van der Waals surface area contributed by atoms with E-state index in [1.54, 1.807) is 30.5 Å². The largest absolute Gasteiger partial charge is 0.495 e. The minimum atomic E-state index is -4.13. The number of benzene rings is 3. The average Bonchev–Trinajstić information content (AvgIpc) is 2.82. The number of amides is 1. The molecule has 0 aliphatic heterocycles. The van der Waals surface area contributed by atoms with Gasteiger partial charge in [0.25, 0.3) is 15.9 Å². The van der Waals surface area contributed by atoms with E-state index in [0.29, 0.717) is 5.02 Å². The molecular weight excluding hydrogens is 486 g/mol. The minimum Gasteiger partial charge on any atom is -0.495 e. The number of rotatable bonds is 8. The van der Waals surface area contributed by atoms with Gasteiger partial charge < -0.3 is 4.74 Å². The molecule has 0 heterocycles. The van der Waals surface area contributed by atoms with Crippen molar-refractivity contribution in [2.45, 2.75) is 32.6 Å². The van der Waals surface area contributed by atoms with E-state index in [4.69, 9.17) is 16.3 Å². The molecule has 0 radical (unpaired) electrons. The highest BCUT2D eigenvalue weighted by Gasteiger charge is 2.29. The van der Waals surface area contributed by atoms with Crippen molar-refractivity contribution in [3.8, 4) is 5.75 Å². The van der Waals surface area contributed by atoms with E-state index < -0.39 is 22.5 Å². The van der Waals surface area contributed by atoms with Crippen molar-refractivity contribution >= 4 is 39.4 Å².